The van der Waals surface area contributed by atoms with E-state index in [9.17, 15) is 23.3 Å². The van der Waals surface area contributed by atoms with Crippen LogP contribution in [-0.2, 0) is 14.8 Å². The van der Waals surface area contributed by atoms with Gasteiger partial charge in [0.15, 0.2) is 0 Å². The molecule has 0 aliphatic carbocycles. The highest BCUT2D eigenvalue weighted by molar-refractivity contribution is 7.89. The van der Waals surface area contributed by atoms with E-state index >= 15 is 0 Å². The highest BCUT2D eigenvalue weighted by Gasteiger charge is 2.25. The lowest BCUT2D eigenvalue weighted by Crippen LogP contribution is -2.31. The van der Waals surface area contributed by atoms with Gasteiger partial charge in [-0.1, -0.05) is 13.8 Å². The SMILES string of the molecule is CCN(CC)C(=O)C/C(C)=N/Nc1ccc(S(=O)(=O)N(CC)CC)cc1[N+](=O)[O-]. The second-order valence-corrected chi connectivity index (χ2v) is 8.17. The molecule has 0 saturated heterocycles. The molecule has 1 aromatic rings. The van der Waals surface area contributed by atoms with Crippen LogP contribution in [0, 0.1) is 10.1 Å². The topological polar surface area (TPSA) is 125 Å². The maximum Gasteiger partial charge on any atom is 0.295 e. The largest absolute Gasteiger partial charge is 0.343 e. The van der Waals surface area contributed by atoms with E-state index in [-0.39, 0.29) is 36.0 Å². The third-order valence-corrected chi connectivity index (χ3v) is 6.45. The zero-order valence-electron chi connectivity index (χ0n) is 17.5. The van der Waals surface area contributed by atoms with Gasteiger partial charge >= 0.3 is 0 Å². The van der Waals surface area contributed by atoms with E-state index in [1.807, 2.05) is 13.8 Å². The summed E-state index contributed by atoms with van der Waals surface area (Å²) in [6.07, 6.45) is 0.0803. The molecule has 0 aromatic heterocycles. The summed E-state index contributed by atoms with van der Waals surface area (Å²) in [5.41, 5.74) is 2.66. The Morgan fingerprint density at radius 3 is 2.21 bits per heavy atom. The number of carbonyl (C=O) groups excluding carboxylic acids is 1. The zero-order valence-corrected chi connectivity index (χ0v) is 18.3. The van der Waals surface area contributed by atoms with E-state index in [1.54, 1.807) is 25.7 Å². The van der Waals surface area contributed by atoms with Crippen LogP contribution in [0.1, 0.15) is 41.0 Å². The van der Waals surface area contributed by atoms with Crippen molar-refractivity contribution >= 4 is 33.0 Å². The lowest BCUT2D eigenvalue weighted by molar-refractivity contribution is -0.384. The van der Waals surface area contributed by atoms with Gasteiger partial charge in [-0.2, -0.15) is 9.41 Å². The number of sulfonamides is 1. The summed E-state index contributed by atoms with van der Waals surface area (Å²) in [5.74, 6) is -0.0896. The zero-order chi connectivity index (χ0) is 22.2. The van der Waals surface area contributed by atoms with Crippen molar-refractivity contribution < 1.29 is 18.1 Å². The minimum atomic E-state index is -3.82. The van der Waals surface area contributed by atoms with Gasteiger partial charge in [-0.15, -0.1) is 0 Å². The minimum Gasteiger partial charge on any atom is -0.343 e. The second-order valence-electron chi connectivity index (χ2n) is 6.23. The molecule has 1 rings (SSSR count). The first kappa shape index (κ1) is 24.5. The molecule has 1 N–H and O–H groups in total. The van der Waals surface area contributed by atoms with Crippen LogP contribution in [0.2, 0.25) is 0 Å². The molecule has 0 heterocycles. The normalized spacial score (nSPS) is 12.1. The van der Waals surface area contributed by atoms with Crippen molar-refractivity contribution in [3.05, 3.63) is 28.3 Å². The molecule has 0 fully saturated rings. The molecule has 0 bridgehead atoms. The van der Waals surface area contributed by atoms with Crippen LogP contribution in [0.25, 0.3) is 0 Å². The van der Waals surface area contributed by atoms with Gasteiger partial charge in [0.1, 0.15) is 5.69 Å². The molecular weight excluding hydrogens is 398 g/mol. The number of benzene rings is 1. The van der Waals surface area contributed by atoms with E-state index < -0.39 is 20.6 Å². The third-order valence-electron chi connectivity index (χ3n) is 4.40. The first-order valence-electron chi connectivity index (χ1n) is 9.47. The van der Waals surface area contributed by atoms with E-state index in [2.05, 4.69) is 10.5 Å². The van der Waals surface area contributed by atoms with Crippen LogP contribution < -0.4 is 5.43 Å². The van der Waals surface area contributed by atoms with Crippen LogP contribution in [-0.4, -0.2) is 60.3 Å². The number of nitrogens with zero attached hydrogens (tertiary/aromatic N) is 4. The molecule has 0 atom stereocenters. The highest BCUT2D eigenvalue weighted by Crippen LogP contribution is 2.29. The smallest absolute Gasteiger partial charge is 0.295 e. The number of carbonyl (C=O) groups is 1. The first-order valence-corrected chi connectivity index (χ1v) is 10.9. The molecule has 0 spiro atoms. The van der Waals surface area contributed by atoms with Gasteiger partial charge < -0.3 is 4.90 Å². The predicted molar refractivity (Wildman–Crippen MR) is 112 cm³/mol. The molecule has 0 aliphatic heterocycles. The number of anilines is 1. The number of hydrogen-bond acceptors (Lipinski definition) is 7. The van der Waals surface area contributed by atoms with E-state index in [1.165, 1.54) is 16.4 Å². The molecule has 11 heteroatoms. The Balaban J connectivity index is 3.12. The van der Waals surface area contributed by atoms with Crippen molar-refractivity contribution in [3.8, 4) is 0 Å². The number of nitrogens with one attached hydrogen (secondary N) is 1. The van der Waals surface area contributed by atoms with Crippen molar-refractivity contribution in [1.82, 2.24) is 9.21 Å². The maximum absolute atomic E-state index is 12.6. The average molecular weight is 428 g/mol. The Kier molecular flexibility index (Phi) is 9.18. The molecule has 162 valence electrons. The molecule has 29 heavy (non-hydrogen) atoms. The Morgan fingerprint density at radius 1 is 1.14 bits per heavy atom. The van der Waals surface area contributed by atoms with Crippen molar-refractivity contribution in [2.24, 2.45) is 5.10 Å². The van der Waals surface area contributed by atoms with E-state index in [0.717, 1.165) is 6.07 Å². The summed E-state index contributed by atoms with van der Waals surface area (Å²) >= 11 is 0. The fourth-order valence-electron chi connectivity index (χ4n) is 2.73. The Morgan fingerprint density at radius 2 is 1.72 bits per heavy atom. The molecule has 10 nitrogen and oxygen atoms in total. The summed E-state index contributed by atoms with van der Waals surface area (Å²) < 4.78 is 26.4. The van der Waals surface area contributed by atoms with Crippen molar-refractivity contribution in [2.45, 2.75) is 45.9 Å². The number of amides is 1. The summed E-state index contributed by atoms with van der Waals surface area (Å²) in [5, 5.41) is 15.5. The first-order chi connectivity index (χ1) is 13.6. The number of nitro groups is 1. The van der Waals surface area contributed by atoms with Gasteiger partial charge in [0.2, 0.25) is 15.9 Å². The number of nitro benzene ring substituents is 1. The van der Waals surface area contributed by atoms with Crippen LogP contribution in [0.5, 0.6) is 0 Å². The lowest BCUT2D eigenvalue weighted by atomic mass is 10.2. The highest BCUT2D eigenvalue weighted by atomic mass is 32.2. The van der Waals surface area contributed by atoms with Gasteiger partial charge in [-0.25, -0.2) is 8.42 Å². The van der Waals surface area contributed by atoms with Crippen LogP contribution in [0.3, 0.4) is 0 Å². The van der Waals surface area contributed by atoms with Crippen LogP contribution in [0.4, 0.5) is 11.4 Å². The summed E-state index contributed by atoms with van der Waals surface area (Å²) in [6, 6.07) is 3.62. The Labute approximate surface area is 171 Å². The predicted octanol–water partition coefficient (Wildman–Crippen LogP) is 2.67. The molecular formula is C18H29N5O5S. The fourth-order valence-corrected chi connectivity index (χ4v) is 4.21. The summed E-state index contributed by atoms with van der Waals surface area (Å²) in [4.78, 5) is 24.4. The second kappa shape index (κ2) is 10.9. The van der Waals surface area contributed by atoms with Gasteiger partial charge in [0, 0.05) is 38.0 Å². The molecule has 0 aliphatic rings. The standard InChI is InChI=1S/C18H29N5O5S/c1-6-21(7-2)18(24)12-14(5)19-20-16-11-10-15(13-17(16)23(25)26)29(27,28)22(8-3)9-4/h10-11,13,20H,6-9,12H2,1-5H3/b19-14+. The van der Waals surface area contributed by atoms with Gasteiger partial charge in [-0.05, 0) is 32.9 Å². The van der Waals surface area contributed by atoms with Crippen molar-refractivity contribution in [1.29, 1.82) is 0 Å². The molecule has 0 radical (unpaired) electrons. The van der Waals surface area contributed by atoms with E-state index in [0.29, 0.717) is 18.8 Å². The molecule has 1 aromatic carbocycles. The number of hydrazone groups is 1. The van der Waals surface area contributed by atoms with E-state index in [4.69, 9.17) is 0 Å². The van der Waals surface area contributed by atoms with Crippen molar-refractivity contribution in [2.75, 3.05) is 31.6 Å². The Hall–Kier alpha value is -2.53. The van der Waals surface area contributed by atoms with Crippen LogP contribution >= 0.6 is 0 Å². The van der Waals surface area contributed by atoms with Gasteiger partial charge in [0.05, 0.1) is 16.2 Å². The van der Waals surface area contributed by atoms with Gasteiger partial charge in [-0.3, -0.25) is 20.3 Å². The monoisotopic (exact) mass is 427 g/mol. The number of rotatable bonds is 11. The van der Waals surface area contributed by atoms with Crippen LogP contribution in [0.15, 0.2) is 28.2 Å². The van der Waals surface area contributed by atoms with Gasteiger partial charge in [0.25, 0.3) is 5.69 Å². The maximum atomic E-state index is 12.6. The Bertz CT molecular complexity index is 861. The van der Waals surface area contributed by atoms with Crippen molar-refractivity contribution in [3.63, 3.8) is 0 Å². The molecule has 0 saturated carbocycles. The summed E-state index contributed by atoms with van der Waals surface area (Å²) in [7, 11) is -3.82. The summed E-state index contributed by atoms with van der Waals surface area (Å²) in [6.45, 7) is 10.5. The fraction of sp³-hybridized carbons (Fsp3) is 0.556. The molecule has 1 amide bonds. The quantitative estimate of drug-likeness (QED) is 0.329. The lowest BCUT2D eigenvalue weighted by Gasteiger charge is -2.18. The number of hydrogen-bond donors (Lipinski definition) is 1. The average Bonchev–Trinajstić information content (AvgIpc) is 2.67. The molecule has 0 unspecified atom stereocenters. The third kappa shape index (κ3) is 6.23. The minimum absolute atomic E-state index is 0.0446.